The maximum Gasteiger partial charge on any atom is 0.231 e. The van der Waals surface area contributed by atoms with Gasteiger partial charge in [-0.2, -0.15) is 5.10 Å². The molecule has 1 aromatic heterocycles. The quantitative estimate of drug-likeness (QED) is 0.842. The lowest BCUT2D eigenvalue weighted by Crippen LogP contribution is -2.44. The number of amides is 2. The van der Waals surface area contributed by atoms with E-state index in [1.54, 1.807) is 25.2 Å². The highest BCUT2D eigenvalue weighted by atomic mass is 19.1. The average molecular weight is 373 g/mol. The van der Waals surface area contributed by atoms with Gasteiger partial charge in [0, 0.05) is 26.1 Å². The zero-order chi connectivity index (χ0) is 19.6. The number of carbonyl (C=O) groups is 2. The van der Waals surface area contributed by atoms with Crippen LogP contribution in [0, 0.1) is 11.7 Å². The van der Waals surface area contributed by atoms with Gasteiger partial charge in [-0.05, 0) is 38.2 Å². The standard InChI is InChI=1S/C19H24FN5O2/c1-24(2)11-14-10-16(23-22-14)21-19(27)15-7-8-17(26)25(3)18(15)12-5-4-6-13(20)9-12/h4-6,9-10,15,18H,7-8,11H2,1-3H3,(H2,21,22,23,27)/t15-,18+/m0/s1. The van der Waals surface area contributed by atoms with Crippen LogP contribution < -0.4 is 5.32 Å². The number of benzene rings is 1. The summed E-state index contributed by atoms with van der Waals surface area (Å²) >= 11 is 0. The molecule has 0 saturated carbocycles. The van der Waals surface area contributed by atoms with E-state index in [4.69, 9.17) is 0 Å². The van der Waals surface area contributed by atoms with Crippen LogP contribution in [0.15, 0.2) is 30.3 Å². The molecule has 0 bridgehead atoms. The molecule has 27 heavy (non-hydrogen) atoms. The molecule has 2 N–H and O–H groups in total. The van der Waals surface area contributed by atoms with Crippen molar-refractivity contribution >= 4 is 17.6 Å². The van der Waals surface area contributed by atoms with Gasteiger partial charge in [0.25, 0.3) is 0 Å². The van der Waals surface area contributed by atoms with Crippen LogP contribution in [0.3, 0.4) is 0 Å². The van der Waals surface area contributed by atoms with Crippen molar-refractivity contribution in [3.8, 4) is 0 Å². The highest BCUT2D eigenvalue weighted by Gasteiger charge is 2.39. The average Bonchev–Trinajstić information content (AvgIpc) is 3.03. The fraction of sp³-hybridized carbons (Fsp3) is 0.421. The molecule has 1 fully saturated rings. The molecule has 1 saturated heterocycles. The van der Waals surface area contributed by atoms with Crippen molar-refractivity contribution in [3.05, 3.63) is 47.4 Å². The predicted octanol–water partition coefficient (Wildman–Crippen LogP) is 2.16. The van der Waals surface area contributed by atoms with Crippen molar-refractivity contribution in [2.24, 2.45) is 5.92 Å². The van der Waals surface area contributed by atoms with Crippen LogP contribution >= 0.6 is 0 Å². The van der Waals surface area contributed by atoms with Crippen LogP contribution in [-0.2, 0) is 16.1 Å². The summed E-state index contributed by atoms with van der Waals surface area (Å²) in [6.07, 6.45) is 0.692. The number of aromatic nitrogens is 2. The maximum atomic E-state index is 13.7. The van der Waals surface area contributed by atoms with Gasteiger partial charge in [-0.25, -0.2) is 4.39 Å². The molecule has 0 unspecified atom stereocenters. The number of H-pyrrole nitrogens is 1. The van der Waals surface area contributed by atoms with Gasteiger partial charge in [-0.3, -0.25) is 14.7 Å². The summed E-state index contributed by atoms with van der Waals surface area (Å²) in [5, 5.41) is 9.84. The first-order valence-electron chi connectivity index (χ1n) is 8.86. The highest BCUT2D eigenvalue weighted by Crippen LogP contribution is 2.36. The number of piperidine rings is 1. The maximum absolute atomic E-state index is 13.7. The van der Waals surface area contributed by atoms with Gasteiger partial charge in [0.15, 0.2) is 5.82 Å². The van der Waals surface area contributed by atoms with E-state index in [2.05, 4.69) is 15.5 Å². The number of aromatic amines is 1. The number of hydrogen-bond acceptors (Lipinski definition) is 4. The zero-order valence-electron chi connectivity index (χ0n) is 15.7. The largest absolute Gasteiger partial charge is 0.338 e. The van der Waals surface area contributed by atoms with Gasteiger partial charge in [0.1, 0.15) is 5.82 Å². The molecule has 0 radical (unpaired) electrons. The topological polar surface area (TPSA) is 81.3 Å². The van der Waals surface area contributed by atoms with E-state index in [1.165, 1.54) is 17.0 Å². The Morgan fingerprint density at radius 2 is 2.19 bits per heavy atom. The van der Waals surface area contributed by atoms with Crippen molar-refractivity contribution in [1.29, 1.82) is 0 Å². The Bertz CT molecular complexity index is 835. The first-order valence-corrected chi connectivity index (χ1v) is 8.86. The van der Waals surface area contributed by atoms with Gasteiger partial charge >= 0.3 is 0 Å². The van der Waals surface area contributed by atoms with Crippen molar-refractivity contribution in [2.45, 2.75) is 25.4 Å². The highest BCUT2D eigenvalue weighted by molar-refractivity contribution is 5.94. The minimum atomic E-state index is -0.512. The Balaban J connectivity index is 1.80. The van der Waals surface area contributed by atoms with E-state index in [0.29, 0.717) is 24.3 Å². The van der Waals surface area contributed by atoms with Crippen molar-refractivity contribution < 1.29 is 14.0 Å². The summed E-state index contributed by atoms with van der Waals surface area (Å²) in [7, 11) is 5.54. The zero-order valence-corrected chi connectivity index (χ0v) is 15.7. The Morgan fingerprint density at radius 3 is 2.89 bits per heavy atom. The van der Waals surface area contributed by atoms with Gasteiger partial charge in [0.2, 0.25) is 11.8 Å². The van der Waals surface area contributed by atoms with E-state index in [0.717, 1.165) is 5.69 Å². The fourth-order valence-corrected chi connectivity index (χ4v) is 3.53. The van der Waals surface area contributed by atoms with Crippen molar-refractivity contribution in [1.82, 2.24) is 20.0 Å². The number of hydrogen-bond donors (Lipinski definition) is 2. The lowest BCUT2D eigenvalue weighted by atomic mass is 9.84. The monoisotopic (exact) mass is 373 g/mol. The molecule has 0 aliphatic carbocycles. The SMILES string of the molecule is CN(C)Cc1cc(NC(=O)[C@H]2CCC(=O)N(C)[C@@H]2c2cccc(F)c2)n[nH]1. The third-order valence-electron chi connectivity index (χ3n) is 4.76. The summed E-state index contributed by atoms with van der Waals surface area (Å²) in [6, 6.07) is 7.33. The molecule has 7 nitrogen and oxygen atoms in total. The Morgan fingerprint density at radius 1 is 1.41 bits per heavy atom. The summed E-state index contributed by atoms with van der Waals surface area (Å²) in [5.41, 5.74) is 1.49. The van der Waals surface area contributed by atoms with E-state index in [9.17, 15) is 14.0 Å². The van der Waals surface area contributed by atoms with Crippen LogP contribution in [0.4, 0.5) is 10.2 Å². The van der Waals surface area contributed by atoms with E-state index < -0.39 is 17.8 Å². The van der Waals surface area contributed by atoms with Gasteiger partial charge < -0.3 is 15.1 Å². The number of nitrogens with zero attached hydrogens (tertiary/aromatic N) is 3. The number of likely N-dealkylation sites (tertiary alicyclic amines) is 1. The first-order chi connectivity index (χ1) is 12.8. The fourth-order valence-electron chi connectivity index (χ4n) is 3.53. The number of rotatable bonds is 5. The van der Waals surface area contributed by atoms with Gasteiger partial charge in [0.05, 0.1) is 17.7 Å². The molecular formula is C19H24FN5O2. The van der Waals surface area contributed by atoms with Crippen LogP contribution in [0.2, 0.25) is 0 Å². The van der Waals surface area contributed by atoms with E-state index in [1.807, 2.05) is 19.0 Å². The molecule has 2 atom stereocenters. The number of nitrogens with one attached hydrogen (secondary N) is 2. The number of carbonyl (C=O) groups excluding carboxylic acids is 2. The van der Waals surface area contributed by atoms with E-state index >= 15 is 0 Å². The smallest absolute Gasteiger partial charge is 0.231 e. The van der Waals surface area contributed by atoms with Crippen LogP contribution in [0.5, 0.6) is 0 Å². The second kappa shape index (κ2) is 7.87. The second-order valence-electron chi connectivity index (χ2n) is 7.16. The molecule has 2 heterocycles. The number of halogens is 1. The molecule has 2 aromatic rings. The van der Waals surface area contributed by atoms with Gasteiger partial charge in [-0.1, -0.05) is 12.1 Å². The summed E-state index contributed by atoms with van der Waals surface area (Å²) in [5.74, 6) is -0.718. The number of anilines is 1. The van der Waals surface area contributed by atoms with Crippen LogP contribution in [-0.4, -0.2) is 53.0 Å². The molecule has 144 valence electrons. The lowest BCUT2D eigenvalue weighted by molar-refractivity contribution is -0.140. The molecule has 3 rings (SSSR count). The van der Waals surface area contributed by atoms with Crippen molar-refractivity contribution in [2.75, 3.05) is 26.5 Å². The Hall–Kier alpha value is -2.74. The second-order valence-corrected chi connectivity index (χ2v) is 7.16. The lowest BCUT2D eigenvalue weighted by Gasteiger charge is -2.38. The minimum Gasteiger partial charge on any atom is -0.338 e. The van der Waals surface area contributed by atoms with Gasteiger partial charge in [-0.15, -0.1) is 0 Å². The first kappa shape index (κ1) is 19.0. The molecule has 0 spiro atoms. The minimum absolute atomic E-state index is 0.0543. The molecule has 8 heteroatoms. The van der Waals surface area contributed by atoms with E-state index in [-0.39, 0.29) is 18.2 Å². The van der Waals surface area contributed by atoms with Crippen molar-refractivity contribution in [3.63, 3.8) is 0 Å². The summed E-state index contributed by atoms with van der Waals surface area (Å²) < 4.78 is 13.7. The third kappa shape index (κ3) is 4.33. The molecule has 1 aliphatic rings. The molecule has 1 aromatic carbocycles. The van der Waals surface area contributed by atoms with Crippen LogP contribution in [0.25, 0.3) is 0 Å². The molecular weight excluding hydrogens is 349 g/mol. The predicted molar refractivity (Wildman–Crippen MR) is 99.2 cm³/mol. The van der Waals surface area contributed by atoms with Crippen LogP contribution in [0.1, 0.15) is 30.1 Å². The molecule has 1 aliphatic heterocycles. The Kier molecular flexibility index (Phi) is 5.55. The molecule has 2 amide bonds. The Labute approximate surface area is 157 Å². The summed E-state index contributed by atoms with van der Waals surface area (Å²) in [4.78, 5) is 28.6. The normalized spacial score (nSPS) is 20.2. The summed E-state index contributed by atoms with van der Waals surface area (Å²) in [6.45, 7) is 0.676. The third-order valence-corrected chi connectivity index (χ3v) is 4.76.